The minimum Gasteiger partial charge on any atom is -0.340 e. The largest absolute Gasteiger partial charge is 0.340 e. The smallest absolute Gasteiger partial charge is 0.262 e. The number of amides is 1. The fraction of sp³-hybridized carbons (Fsp3) is 0.0455. The Labute approximate surface area is 167 Å². The molecule has 0 radical (unpaired) electrons. The van der Waals surface area contributed by atoms with Gasteiger partial charge in [-0.3, -0.25) is 4.79 Å². The van der Waals surface area contributed by atoms with Crippen molar-refractivity contribution in [2.45, 2.75) is 6.04 Å². The Hall–Kier alpha value is -3.23. The number of halogens is 1. The van der Waals surface area contributed by atoms with Gasteiger partial charge in [0.25, 0.3) is 5.91 Å². The number of nitriles is 1. The van der Waals surface area contributed by atoms with Crippen LogP contribution in [0.2, 0.25) is 0 Å². The molecule has 0 fully saturated rings. The first-order valence-corrected chi connectivity index (χ1v) is 8.93. The quantitative estimate of drug-likeness (QED) is 0.300. The Morgan fingerprint density at radius 3 is 2.52 bits per heavy atom. The van der Waals surface area contributed by atoms with Crippen molar-refractivity contribution >= 4 is 27.9 Å². The number of hydrogen-bond acceptors (Lipinski definition) is 3. The lowest BCUT2D eigenvalue weighted by atomic mass is 9.97. The van der Waals surface area contributed by atoms with Crippen LogP contribution in [0.3, 0.4) is 0 Å². The molecule has 0 bridgehead atoms. The number of nitrogens with one attached hydrogen (secondary N) is 1. The number of allylic oxidation sites excluding steroid dienone is 2. The van der Waals surface area contributed by atoms with Gasteiger partial charge >= 0.3 is 0 Å². The zero-order valence-corrected chi connectivity index (χ0v) is 16.2. The highest BCUT2D eigenvalue weighted by atomic mass is 79.9. The van der Waals surface area contributed by atoms with Gasteiger partial charge in [0.15, 0.2) is 0 Å². The minimum atomic E-state index is -0.495. The van der Waals surface area contributed by atoms with Crippen molar-refractivity contribution in [3.05, 3.63) is 107 Å². The highest BCUT2D eigenvalue weighted by Gasteiger charge is 2.19. The number of benzene rings is 1. The Morgan fingerprint density at radius 2 is 1.93 bits per heavy atom. The Morgan fingerprint density at radius 1 is 1.19 bits per heavy atom. The van der Waals surface area contributed by atoms with E-state index in [2.05, 4.69) is 39.4 Å². The van der Waals surface area contributed by atoms with Crippen molar-refractivity contribution in [3.63, 3.8) is 0 Å². The monoisotopic (exact) mass is 419 g/mol. The van der Waals surface area contributed by atoms with Crippen LogP contribution in [0, 0.1) is 11.3 Å². The summed E-state index contributed by atoms with van der Waals surface area (Å²) in [4.78, 5) is 17.0. The predicted molar refractivity (Wildman–Crippen MR) is 111 cm³/mol. The zero-order chi connectivity index (χ0) is 19.6. The van der Waals surface area contributed by atoms with E-state index in [-0.39, 0.29) is 5.57 Å². The van der Waals surface area contributed by atoms with E-state index in [0.29, 0.717) is 10.3 Å². The molecule has 1 aromatic heterocycles. The normalized spacial score (nSPS) is 12.6. The molecule has 1 N–H and O–H groups in total. The van der Waals surface area contributed by atoms with E-state index in [9.17, 15) is 10.1 Å². The molecule has 0 saturated carbocycles. The summed E-state index contributed by atoms with van der Waals surface area (Å²) in [6, 6.07) is 16.2. The van der Waals surface area contributed by atoms with Gasteiger partial charge in [0, 0.05) is 0 Å². The molecule has 2 rings (SSSR count). The number of aromatic nitrogens is 1. The van der Waals surface area contributed by atoms with Gasteiger partial charge in [0.2, 0.25) is 0 Å². The second-order valence-electron chi connectivity index (χ2n) is 5.48. The van der Waals surface area contributed by atoms with Gasteiger partial charge in [0.05, 0.1) is 11.7 Å². The van der Waals surface area contributed by atoms with Gasteiger partial charge in [-0.15, -0.1) is 0 Å². The molecule has 0 aliphatic heterocycles. The van der Waals surface area contributed by atoms with Crippen molar-refractivity contribution in [1.82, 2.24) is 10.3 Å². The first-order valence-electron chi connectivity index (χ1n) is 8.14. The summed E-state index contributed by atoms with van der Waals surface area (Å²) in [6.07, 6.45) is 6.51. The molecular weight excluding hydrogens is 402 g/mol. The highest BCUT2D eigenvalue weighted by molar-refractivity contribution is 9.10. The Balaban J connectivity index is 2.37. The molecule has 0 aliphatic rings. The summed E-state index contributed by atoms with van der Waals surface area (Å²) >= 11 is 3.28. The fourth-order valence-corrected chi connectivity index (χ4v) is 2.79. The number of hydrogen-bond donors (Lipinski definition) is 1. The molecule has 0 aliphatic carbocycles. The van der Waals surface area contributed by atoms with Crippen molar-refractivity contribution in [2.24, 2.45) is 0 Å². The minimum absolute atomic E-state index is 0.0384. The maximum Gasteiger partial charge on any atom is 0.262 e. The number of nitrogens with zero attached hydrogens (tertiary/aromatic N) is 2. The van der Waals surface area contributed by atoms with E-state index in [1.807, 2.05) is 36.4 Å². The van der Waals surface area contributed by atoms with Gasteiger partial charge in [-0.05, 0) is 45.3 Å². The second kappa shape index (κ2) is 10.0. The van der Waals surface area contributed by atoms with Gasteiger partial charge in [-0.2, -0.15) is 5.26 Å². The molecule has 4 nitrogen and oxygen atoms in total. The summed E-state index contributed by atoms with van der Waals surface area (Å²) in [5.74, 6) is -0.495. The molecule has 1 heterocycles. The topological polar surface area (TPSA) is 65.8 Å². The molecule has 134 valence electrons. The SMILES string of the molecule is C=C/C=C(\C=C)C(NC(=O)/C(C#N)=C/c1cccc(Br)n1)c1ccccc1. The average Bonchev–Trinajstić information content (AvgIpc) is 2.69. The first kappa shape index (κ1) is 20.1. The van der Waals surface area contributed by atoms with Crippen molar-refractivity contribution in [2.75, 3.05) is 0 Å². The number of pyridine rings is 1. The molecule has 1 amide bonds. The van der Waals surface area contributed by atoms with Crippen molar-refractivity contribution in [3.8, 4) is 6.07 Å². The van der Waals surface area contributed by atoms with Crippen LogP contribution in [0.25, 0.3) is 6.08 Å². The van der Waals surface area contributed by atoms with E-state index < -0.39 is 11.9 Å². The van der Waals surface area contributed by atoms with Gasteiger partial charge in [-0.1, -0.05) is 67.8 Å². The number of carbonyl (C=O) groups is 1. The second-order valence-corrected chi connectivity index (χ2v) is 6.29. The molecule has 0 spiro atoms. The number of carbonyl (C=O) groups excluding carboxylic acids is 1. The van der Waals surface area contributed by atoms with Gasteiger partial charge < -0.3 is 5.32 Å². The Bertz CT molecular complexity index is 940. The predicted octanol–water partition coefficient (Wildman–Crippen LogP) is 4.91. The van der Waals surface area contributed by atoms with E-state index >= 15 is 0 Å². The lowest BCUT2D eigenvalue weighted by Gasteiger charge is -2.20. The van der Waals surface area contributed by atoms with Crippen LogP contribution in [-0.2, 0) is 4.79 Å². The maximum atomic E-state index is 12.7. The summed E-state index contributed by atoms with van der Waals surface area (Å²) in [6.45, 7) is 7.52. The van der Waals surface area contributed by atoms with Crippen LogP contribution in [0.1, 0.15) is 17.3 Å². The van der Waals surface area contributed by atoms with Crippen LogP contribution in [-0.4, -0.2) is 10.9 Å². The van der Waals surface area contributed by atoms with E-state index in [1.54, 1.807) is 36.4 Å². The lowest BCUT2D eigenvalue weighted by molar-refractivity contribution is -0.117. The van der Waals surface area contributed by atoms with Crippen LogP contribution in [0.5, 0.6) is 0 Å². The van der Waals surface area contributed by atoms with Crippen LogP contribution in [0.4, 0.5) is 0 Å². The third-order valence-electron chi connectivity index (χ3n) is 3.68. The van der Waals surface area contributed by atoms with E-state index in [1.165, 1.54) is 6.08 Å². The third-order valence-corrected chi connectivity index (χ3v) is 4.12. The fourth-order valence-electron chi connectivity index (χ4n) is 2.43. The molecule has 27 heavy (non-hydrogen) atoms. The van der Waals surface area contributed by atoms with Gasteiger partial charge in [-0.25, -0.2) is 4.98 Å². The maximum absolute atomic E-state index is 12.7. The molecule has 1 atom stereocenters. The average molecular weight is 420 g/mol. The van der Waals surface area contributed by atoms with Crippen molar-refractivity contribution in [1.29, 1.82) is 5.26 Å². The molecule has 0 saturated heterocycles. The van der Waals surface area contributed by atoms with Crippen molar-refractivity contribution < 1.29 is 4.79 Å². The van der Waals surface area contributed by atoms with Crippen LogP contribution in [0.15, 0.2) is 95.7 Å². The zero-order valence-electron chi connectivity index (χ0n) is 14.6. The summed E-state index contributed by atoms with van der Waals surface area (Å²) < 4.78 is 0.624. The van der Waals surface area contributed by atoms with E-state index in [0.717, 1.165) is 11.1 Å². The first-order chi connectivity index (χ1) is 13.1. The summed E-state index contributed by atoms with van der Waals surface area (Å²) in [7, 11) is 0. The van der Waals surface area contributed by atoms with Crippen LogP contribution >= 0.6 is 15.9 Å². The summed E-state index contributed by atoms with van der Waals surface area (Å²) in [5.41, 5.74) is 2.11. The van der Waals surface area contributed by atoms with E-state index in [4.69, 9.17) is 0 Å². The lowest BCUT2D eigenvalue weighted by Crippen LogP contribution is -2.30. The molecule has 1 unspecified atom stereocenters. The van der Waals surface area contributed by atoms with Gasteiger partial charge in [0.1, 0.15) is 16.2 Å². The molecule has 1 aromatic carbocycles. The Kier molecular flexibility index (Phi) is 7.48. The molecule has 2 aromatic rings. The molecular formula is C22H18BrN3O. The standard InChI is InChI=1S/C22H18BrN3O/c1-3-9-16(4-2)21(17-10-6-5-7-11-17)26-22(27)18(15-24)14-19-12-8-13-20(23)25-19/h3-14,21H,1-2H2,(H,26,27)/b16-9+,18-14+. The van der Waals surface area contributed by atoms with Crippen LogP contribution < -0.4 is 5.32 Å². The summed E-state index contributed by atoms with van der Waals surface area (Å²) in [5, 5.41) is 12.3. The highest BCUT2D eigenvalue weighted by Crippen LogP contribution is 2.23. The third kappa shape index (κ3) is 5.63. The number of rotatable bonds is 7. The molecule has 5 heteroatoms.